The minimum Gasteiger partial charge on any atom is -0.481 e. The molecule has 3 heteroatoms. The zero-order chi connectivity index (χ0) is 12.3. The summed E-state index contributed by atoms with van der Waals surface area (Å²) in [7, 11) is 0. The van der Waals surface area contributed by atoms with Crippen molar-refractivity contribution in [1.29, 1.82) is 0 Å². The fraction of sp³-hybridized carbons (Fsp3) is 0.929. The van der Waals surface area contributed by atoms with Crippen LogP contribution < -0.4 is 0 Å². The highest BCUT2D eigenvalue weighted by Gasteiger charge is 2.34. The molecule has 2 atom stereocenters. The predicted octanol–water partition coefficient (Wildman–Crippen LogP) is 2.75. The molecule has 2 rings (SSSR count). The molecule has 1 aliphatic carbocycles. The Kier molecular flexibility index (Phi) is 4.43. The molecule has 0 spiro atoms. The Bertz CT molecular complexity index is 259. The van der Waals surface area contributed by atoms with Gasteiger partial charge in [0.05, 0.1) is 5.92 Å². The van der Waals surface area contributed by atoms with E-state index in [4.69, 9.17) is 0 Å². The maximum atomic E-state index is 11.4. The van der Waals surface area contributed by atoms with Crippen LogP contribution in [0.25, 0.3) is 0 Å². The molecule has 0 aromatic rings. The maximum Gasteiger partial charge on any atom is 0.308 e. The van der Waals surface area contributed by atoms with Gasteiger partial charge in [0.25, 0.3) is 0 Å². The van der Waals surface area contributed by atoms with Gasteiger partial charge in [0, 0.05) is 6.04 Å². The Morgan fingerprint density at radius 2 is 1.71 bits per heavy atom. The van der Waals surface area contributed by atoms with Gasteiger partial charge < -0.3 is 5.11 Å². The van der Waals surface area contributed by atoms with Crippen LogP contribution in [0.5, 0.6) is 0 Å². The van der Waals surface area contributed by atoms with Gasteiger partial charge in [-0.3, -0.25) is 9.69 Å². The number of carbonyl (C=O) groups is 1. The molecule has 98 valence electrons. The molecule has 3 nitrogen and oxygen atoms in total. The third-order valence-corrected chi connectivity index (χ3v) is 4.58. The molecular formula is C14H25NO2. The van der Waals surface area contributed by atoms with Crippen molar-refractivity contribution in [3.05, 3.63) is 0 Å². The first kappa shape index (κ1) is 12.9. The van der Waals surface area contributed by atoms with Crippen molar-refractivity contribution in [3.8, 4) is 0 Å². The SMILES string of the molecule is CC1CCN(C2CCCCCC2C(=O)O)CC1. The molecule has 1 aliphatic heterocycles. The number of likely N-dealkylation sites (tertiary alicyclic amines) is 1. The summed E-state index contributed by atoms with van der Waals surface area (Å²) in [6, 6.07) is 0.308. The van der Waals surface area contributed by atoms with E-state index in [1.807, 2.05) is 0 Å². The average Bonchev–Trinajstić information content (AvgIpc) is 2.55. The molecule has 1 N–H and O–H groups in total. The van der Waals surface area contributed by atoms with E-state index in [0.29, 0.717) is 6.04 Å². The van der Waals surface area contributed by atoms with Crippen molar-refractivity contribution < 1.29 is 9.90 Å². The van der Waals surface area contributed by atoms with Crippen LogP contribution >= 0.6 is 0 Å². The van der Waals surface area contributed by atoms with Crippen LogP contribution in [0.4, 0.5) is 0 Å². The number of rotatable bonds is 2. The van der Waals surface area contributed by atoms with Crippen LogP contribution in [-0.2, 0) is 4.79 Å². The molecule has 2 fully saturated rings. The van der Waals surface area contributed by atoms with Crippen molar-refractivity contribution in [1.82, 2.24) is 4.90 Å². The summed E-state index contributed by atoms with van der Waals surface area (Å²) in [4.78, 5) is 13.9. The van der Waals surface area contributed by atoms with Gasteiger partial charge in [-0.1, -0.05) is 26.2 Å². The zero-order valence-corrected chi connectivity index (χ0v) is 10.9. The zero-order valence-electron chi connectivity index (χ0n) is 10.9. The predicted molar refractivity (Wildman–Crippen MR) is 68.0 cm³/mol. The molecule has 0 radical (unpaired) electrons. The summed E-state index contributed by atoms with van der Waals surface area (Å²) in [5.74, 6) is 0.127. The second kappa shape index (κ2) is 5.85. The van der Waals surface area contributed by atoms with Gasteiger partial charge in [-0.25, -0.2) is 0 Å². The number of hydrogen-bond donors (Lipinski definition) is 1. The molecular weight excluding hydrogens is 214 g/mol. The van der Waals surface area contributed by atoms with Crippen LogP contribution in [-0.4, -0.2) is 35.1 Å². The van der Waals surface area contributed by atoms with Crippen molar-refractivity contribution in [2.24, 2.45) is 11.8 Å². The highest BCUT2D eigenvalue weighted by molar-refractivity contribution is 5.70. The smallest absolute Gasteiger partial charge is 0.308 e. The quantitative estimate of drug-likeness (QED) is 0.753. The number of nitrogens with zero attached hydrogens (tertiary/aromatic N) is 1. The van der Waals surface area contributed by atoms with Crippen LogP contribution in [0.1, 0.15) is 51.9 Å². The lowest BCUT2D eigenvalue weighted by Gasteiger charge is -2.38. The van der Waals surface area contributed by atoms with Crippen molar-refractivity contribution in [3.63, 3.8) is 0 Å². The number of carboxylic acids is 1. The van der Waals surface area contributed by atoms with E-state index in [1.54, 1.807) is 0 Å². The molecule has 0 bridgehead atoms. The summed E-state index contributed by atoms with van der Waals surface area (Å²) in [6.07, 6.45) is 7.96. The lowest BCUT2D eigenvalue weighted by molar-refractivity contribution is -0.144. The van der Waals surface area contributed by atoms with E-state index in [-0.39, 0.29) is 5.92 Å². The highest BCUT2D eigenvalue weighted by atomic mass is 16.4. The molecule has 2 unspecified atom stereocenters. The van der Waals surface area contributed by atoms with Crippen LogP contribution in [0, 0.1) is 11.8 Å². The maximum absolute atomic E-state index is 11.4. The van der Waals surface area contributed by atoms with Gasteiger partial charge in [-0.05, 0) is 44.7 Å². The summed E-state index contributed by atoms with van der Waals surface area (Å²) in [5.41, 5.74) is 0. The third-order valence-electron chi connectivity index (χ3n) is 4.58. The first-order chi connectivity index (χ1) is 8.18. The minimum absolute atomic E-state index is 0.120. The molecule has 0 aromatic carbocycles. The molecule has 2 aliphatic rings. The average molecular weight is 239 g/mol. The monoisotopic (exact) mass is 239 g/mol. The number of carboxylic acid groups (broad SMARTS) is 1. The first-order valence-corrected chi connectivity index (χ1v) is 7.15. The van der Waals surface area contributed by atoms with Crippen molar-refractivity contribution in [2.75, 3.05) is 13.1 Å². The Labute approximate surface area is 104 Å². The first-order valence-electron chi connectivity index (χ1n) is 7.15. The number of hydrogen-bond acceptors (Lipinski definition) is 2. The molecule has 1 heterocycles. The van der Waals surface area contributed by atoms with E-state index in [1.165, 1.54) is 25.7 Å². The van der Waals surface area contributed by atoms with Gasteiger partial charge in [0.1, 0.15) is 0 Å². The van der Waals surface area contributed by atoms with Gasteiger partial charge in [-0.15, -0.1) is 0 Å². The standard InChI is InChI=1S/C14H25NO2/c1-11-7-9-15(10-8-11)13-6-4-2-3-5-12(13)14(16)17/h11-13H,2-10H2,1H3,(H,16,17). The Morgan fingerprint density at radius 3 is 2.35 bits per heavy atom. The van der Waals surface area contributed by atoms with Gasteiger partial charge in [-0.2, -0.15) is 0 Å². The summed E-state index contributed by atoms with van der Waals surface area (Å²) >= 11 is 0. The van der Waals surface area contributed by atoms with E-state index in [0.717, 1.165) is 38.3 Å². The van der Waals surface area contributed by atoms with Gasteiger partial charge >= 0.3 is 5.97 Å². The number of piperidine rings is 1. The highest BCUT2D eigenvalue weighted by Crippen LogP contribution is 2.30. The van der Waals surface area contributed by atoms with Gasteiger partial charge in [0.15, 0.2) is 0 Å². The largest absolute Gasteiger partial charge is 0.481 e. The summed E-state index contributed by atoms with van der Waals surface area (Å²) in [6.45, 7) is 4.52. The molecule has 0 aromatic heterocycles. The van der Waals surface area contributed by atoms with Crippen LogP contribution in [0.15, 0.2) is 0 Å². The second-order valence-corrected chi connectivity index (χ2v) is 5.87. The Morgan fingerprint density at radius 1 is 1.06 bits per heavy atom. The molecule has 1 saturated carbocycles. The topological polar surface area (TPSA) is 40.5 Å². The summed E-state index contributed by atoms with van der Waals surface area (Å²) < 4.78 is 0. The van der Waals surface area contributed by atoms with E-state index >= 15 is 0 Å². The number of aliphatic carboxylic acids is 1. The molecule has 17 heavy (non-hydrogen) atoms. The Balaban J connectivity index is 2.01. The fourth-order valence-electron chi connectivity index (χ4n) is 3.37. The lowest BCUT2D eigenvalue weighted by atomic mass is 9.90. The molecule has 1 saturated heterocycles. The van der Waals surface area contributed by atoms with E-state index in [2.05, 4.69) is 11.8 Å². The van der Waals surface area contributed by atoms with Crippen molar-refractivity contribution >= 4 is 5.97 Å². The van der Waals surface area contributed by atoms with Crippen LogP contribution in [0.3, 0.4) is 0 Å². The lowest BCUT2D eigenvalue weighted by Crippen LogP contribution is -2.46. The van der Waals surface area contributed by atoms with Gasteiger partial charge in [0.2, 0.25) is 0 Å². The van der Waals surface area contributed by atoms with E-state index < -0.39 is 5.97 Å². The second-order valence-electron chi connectivity index (χ2n) is 5.87. The fourth-order valence-corrected chi connectivity index (χ4v) is 3.37. The van der Waals surface area contributed by atoms with E-state index in [9.17, 15) is 9.90 Å². The van der Waals surface area contributed by atoms with Crippen LogP contribution in [0.2, 0.25) is 0 Å². The Hall–Kier alpha value is -0.570. The van der Waals surface area contributed by atoms with Crippen molar-refractivity contribution in [2.45, 2.75) is 57.9 Å². The minimum atomic E-state index is -0.574. The normalized spacial score (nSPS) is 33.2. The third kappa shape index (κ3) is 3.21. The molecule has 0 amide bonds. The summed E-state index contributed by atoms with van der Waals surface area (Å²) in [5, 5.41) is 9.39.